The van der Waals surface area contributed by atoms with Crippen molar-refractivity contribution in [2.45, 2.75) is 38.6 Å². The van der Waals surface area contributed by atoms with Gasteiger partial charge in [-0.25, -0.2) is 13.1 Å². The molecule has 0 radical (unpaired) electrons. The van der Waals surface area contributed by atoms with Crippen LogP contribution in [-0.4, -0.2) is 34.7 Å². The van der Waals surface area contributed by atoms with Crippen molar-refractivity contribution in [1.29, 1.82) is 0 Å². The Bertz CT molecular complexity index is 710. The lowest BCUT2D eigenvalue weighted by atomic mass is 10.2. The summed E-state index contributed by atoms with van der Waals surface area (Å²) in [5.41, 5.74) is 1.25. The molecule has 0 atom stereocenters. The van der Waals surface area contributed by atoms with Crippen LogP contribution in [-0.2, 0) is 23.0 Å². The third kappa shape index (κ3) is 4.35. The summed E-state index contributed by atoms with van der Waals surface area (Å²) in [6, 6.07) is 0. The van der Waals surface area contributed by atoms with Gasteiger partial charge in [-0.3, -0.25) is 14.6 Å². The van der Waals surface area contributed by atoms with E-state index >= 15 is 0 Å². The van der Waals surface area contributed by atoms with Crippen molar-refractivity contribution in [1.82, 2.24) is 24.5 Å². The number of sulfonamides is 1. The van der Waals surface area contributed by atoms with E-state index < -0.39 is 10.0 Å². The summed E-state index contributed by atoms with van der Waals surface area (Å²) >= 11 is 0. The number of nitrogens with one attached hydrogen (secondary N) is 1. The zero-order valence-electron chi connectivity index (χ0n) is 13.0. The van der Waals surface area contributed by atoms with Gasteiger partial charge in [0.15, 0.2) is 0 Å². The molecule has 1 N–H and O–H groups in total. The minimum absolute atomic E-state index is 0.229. The van der Waals surface area contributed by atoms with Gasteiger partial charge in [0.2, 0.25) is 10.0 Å². The number of hydrogen-bond acceptors (Lipinski definition) is 5. The van der Waals surface area contributed by atoms with E-state index in [1.54, 1.807) is 36.4 Å². The van der Waals surface area contributed by atoms with Gasteiger partial charge >= 0.3 is 0 Å². The zero-order valence-corrected chi connectivity index (χ0v) is 13.8. The van der Waals surface area contributed by atoms with Gasteiger partial charge in [-0.05, 0) is 12.8 Å². The fraction of sp³-hybridized carbons (Fsp3) is 0.500. The van der Waals surface area contributed by atoms with Crippen LogP contribution in [0.15, 0.2) is 29.7 Å². The van der Waals surface area contributed by atoms with Crippen LogP contribution in [0.5, 0.6) is 0 Å². The normalized spacial score (nSPS) is 12.0. The van der Waals surface area contributed by atoms with E-state index in [0.29, 0.717) is 24.6 Å². The van der Waals surface area contributed by atoms with Crippen LogP contribution in [0.25, 0.3) is 0 Å². The highest BCUT2D eigenvalue weighted by Gasteiger charge is 2.20. The number of rotatable bonds is 7. The molecule has 2 heterocycles. The maximum Gasteiger partial charge on any atom is 0.243 e. The molecule has 0 aliphatic heterocycles. The Morgan fingerprint density at radius 2 is 2.09 bits per heavy atom. The minimum Gasteiger partial charge on any atom is -0.271 e. The molecule has 0 saturated heterocycles. The van der Waals surface area contributed by atoms with E-state index in [0.717, 1.165) is 5.69 Å². The average Bonchev–Trinajstić information content (AvgIpc) is 2.80. The van der Waals surface area contributed by atoms with Crippen LogP contribution in [0.2, 0.25) is 0 Å². The molecule has 0 bridgehead atoms. The summed E-state index contributed by atoms with van der Waals surface area (Å²) in [7, 11) is -3.56. The van der Waals surface area contributed by atoms with Gasteiger partial charge in [0, 0.05) is 44.3 Å². The SMILES string of the molecule is Cc1nn(CC(C)C)cc1S(=O)(=O)NCCc1cnccn1. The number of aromatic nitrogens is 4. The molecule has 0 spiro atoms. The summed E-state index contributed by atoms with van der Waals surface area (Å²) in [5.74, 6) is 0.402. The minimum atomic E-state index is -3.56. The molecule has 7 nitrogen and oxygen atoms in total. The van der Waals surface area contributed by atoms with E-state index in [4.69, 9.17) is 0 Å². The van der Waals surface area contributed by atoms with Gasteiger partial charge in [0.25, 0.3) is 0 Å². The second-order valence-electron chi connectivity index (χ2n) is 5.54. The van der Waals surface area contributed by atoms with Gasteiger partial charge in [0.1, 0.15) is 4.90 Å². The third-order valence-electron chi connectivity index (χ3n) is 3.03. The first-order valence-corrected chi connectivity index (χ1v) is 8.65. The van der Waals surface area contributed by atoms with Crippen LogP contribution in [0.4, 0.5) is 0 Å². The van der Waals surface area contributed by atoms with E-state index in [1.807, 2.05) is 0 Å². The molecule has 120 valence electrons. The quantitative estimate of drug-likeness (QED) is 0.826. The van der Waals surface area contributed by atoms with Crippen molar-refractivity contribution >= 4 is 10.0 Å². The first-order chi connectivity index (χ1) is 10.4. The molecule has 8 heteroatoms. The zero-order chi connectivity index (χ0) is 16.2. The van der Waals surface area contributed by atoms with E-state index in [1.165, 1.54) is 0 Å². The molecular formula is C14H21N5O2S. The van der Waals surface area contributed by atoms with Gasteiger partial charge in [0.05, 0.1) is 11.4 Å². The monoisotopic (exact) mass is 323 g/mol. The first-order valence-electron chi connectivity index (χ1n) is 7.17. The van der Waals surface area contributed by atoms with Crippen molar-refractivity contribution in [2.24, 2.45) is 5.92 Å². The molecule has 0 aliphatic carbocycles. The Hall–Kier alpha value is -1.80. The van der Waals surface area contributed by atoms with Crippen molar-refractivity contribution in [3.8, 4) is 0 Å². The molecule has 0 fully saturated rings. The topological polar surface area (TPSA) is 89.8 Å². The maximum atomic E-state index is 12.3. The lowest BCUT2D eigenvalue weighted by molar-refractivity contribution is 0.480. The third-order valence-corrected chi connectivity index (χ3v) is 4.60. The Labute approximate surface area is 130 Å². The molecule has 2 aromatic heterocycles. The van der Waals surface area contributed by atoms with Gasteiger partial charge in [-0.2, -0.15) is 5.10 Å². The summed E-state index contributed by atoms with van der Waals surface area (Å²) in [6.45, 7) is 6.79. The van der Waals surface area contributed by atoms with E-state index in [2.05, 4.69) is 33.6 Å². The van der Waals surface area contributed by atoms with Crippen molar-refractivity contribution in [2.75, 3.05) is 6.54 Å². The van der Waals surface area contributed by atoms with Crippen molar-refractivity contribution in [3.05, 3.63) is 36.2 Å². The molecule has 0 saturated carbocycles. The van der Waals surface area contributed by atoms with Crippen LogP contribution < -0.4 is 4.72 Å². The summed E-state index contributed by atoms with van der Waals surface area (Å²) in [6.07, 6.45) is 6.87. The predicted molar refractivity (Wildman–Crippen MR) is 82.7 cm³/mol. The van der Waals surface area contributed by atoms with Crippen LogP contribution in [0.3, 0.4) is 0 Å². The fourth-order valence-electron chi connectivity index (χ4n) is 2.08. The van der Waals surface area contributed by atoms with Gasteiger partial charge < -0.3 is 0 Å². The number of nitrogens with zero attached hydrogens (tertiary/aromatic N) is 4. The Balaban J connectivity index is 2.02. The standard InChI is InChI=1S/C14H21N5O2S/c1-11(2)9-19-10-14(12(3)18-19)22(20,21)17-5-4-13-8-15-6-7-16-13/h6-8,10-11,17H,4-5,9H2,1-3H3. The van der Waals surface area contributed by atoms with Crippen LogP contribution in [0.1, 0.15) is 25.2 Å². The molecule has 0 unspecified atom stereocenters. The lowest BCUT2D eigenvalue weighted by Gasteiger charge is -2.05. The van der Waals surface area contributed by atoms with E-state index in [-0.39, 0.29) is 11.4 Å². The number of aryl methyl sites for hydroxylation is 1. The second-order valence-corrected chi connectivity index (χ2v) is 7.27. The second kappa shape index (κ2) is 6.97. The molecular weight excluding hydrogens is 302 g/mol. The smallest absolute Gasteiger partial charge is 0.243 e. The summed E-state index contributed by atoms with van der Waals surface area (Å²) < 4.78 is 28.9. The van der Waals surface area contributed by atoms with Crippen molar-refractivity contribution in [3.63, 3.8) is 0 Å². The van der Waals surface area contributed by atoms with Gasteiger partial charge in [-0.15, -0.1) is 0 Å². The number of hydrogen-bond donors (Lipinski definition) is 1. The largest absolute Gasteiger partial charge is 0.271 e. The van der Waals surface area contributed by atoms with Crippen LogP contribution in [0, 0.1) is 12.8 Å². The van der Waals surface area contributed by atoms with Crippen molar-refractivity contribution < 1.29 is 8.42 Å². The molecule has 2 rings (SSSR count). The predicted octanol–water partition coefficient (Wildman–Crippen LogP) is 1.16. The van der Waals surface area contributed by atoms with Gasteiger partial charge in [-0.1, -0.05) is 13.8 Å². The molecule has 0 aromatic carbocycles. The lowest BCUT2D eigenvalue weighted by Crippen LogP contribution is -2.26. The molecule has 2 aromatic rings. The maximum absolute atomic E-state index is 12.3. The fourth-order valence-corrected chi connectivity index (χ4v) is 3.30. The highest BCUT2D eigenvalue weighted by Crippen LogP contribution is 2.14. The molecule has 0 aliphatic rings. The summed E-state index contributed by atoms with van der Waals surface area (Å²) in [4.78, 5) is 8.29. The Morgan fingerprint density at radius 1 is 1.32 bits per heavy atom. The highest BCUT2D eigenvalue weighted by atomic mass is 32.2. The summed E-state index contributed by atoms with van der Waals surface area (Å²) in [5, 5.41) is 4.26. The van der Waals surface area contributed by atoms with E-state index in [9.17, 15) is 8.42 Å². The highest BCUT2D eigenvalue weighted by molar-refractivity contribution is 7.89. The average molecular weight is 323 g/mol. The Kier molecular flexibility index (Phi) is 5.25. The Morgan fingerprint density at radius 3 is 2.73 bits per heavy atom. The first kappa shape index (κ1) is 16.6. The molecule has 22 heavy (non-hydrogen) atoms. The van der Waals surface area contributed by atoms with Crippen LogP contribution >= 0.6 is 0 Å². The molecule has 0 amide bonds.